The number of hydrogen-bond donors (Lipinski definition) is 3. The van der Waals surface area contributed by atoms with Crippen molar-refractivity contribution in [1.82, 2.24) is 5.32 Å². The van der Waals surface area contributed by atoms with Crippen LogP contribution < -0.4 is 11.1 Å². The zero-order valence-electron chi connectivity index (χ0n) is 11.1. The summed E-state index contributed by atoms with van der Waals surface area (Å²) in [7, 11) is 0. The van der Waals surface area contributed by atoms with Gasteiger partial charge in [-0.2, -0.15) is 0 Å². The Balaban J connectivity index is 2.27. The summed E-state index contributed by atoms with van der Waals surface area (Å²) in [6, 6.07) is 6.85. The number of aliphatic hydroxyl groups excluding tert-OH is 1. The van der Waals surface area contributed by atoms with Gasteiger partial charge in [-0.25, -0.2) is 0 Å². The fourth-order valence-electron chi connectivity index (χ4n) is 1.75. The number of nitrogen functional groups attached to an aromatic ring is 1. The van der Waals surface area contributed by atoms with Crippen LogP contribution in [0.15, 0.2) is 28.7 Å². The minimum absolute atomic E-state index is 0.123. The van der Waals surface area contributed by atoms with Crippen LogP contribution in [0.25, 0.3) is 11.0 Å². The van der Waals surface area contributed by atoms with Gasteiger partial charge in [0.05, 0.1) is 12.1 Å². The number of aliphatic hydroxyl groups is 1. The molecule has 1 aromatic carbocycles. The van der Waals surface area contributed by atoms with E-state index in [-0.39, 0.29) is 18.3 Å². The highest BCUT2D eigenvalue weighted by Crippen LogP contribution is 2.22. The number of amides is 1. The second-order valence-corrected chi connectivity index (χ2v) is 4.93. The summed E-state index contributed by atoms with van der Waals surface area (Å²) in [6.07, 6.45) is 0.627. The first-order valence-corrected chi connectivity index (χ1v) is 6.20. The smallest absolute Gasteiger partial charge is 0.287 e. The molecule has 0 saturated heterocycles. The Bertz CT molecular complexity index is 600. The molecule has 0 fully saturated rings. The van der Waals surface area contributed by atoms with Crippen LogP contribution >= 0.6 is 0 Å². The number of nitrogens with one attached hydrogen (secondary N) is 1. The predicted octanol–water partition coefficient (Wildman–Crippen LogP) is 1.91. The molecule has 1 heterocycles. The van der Waals surface area contributed by atoms with Gasteiger partial charge in [0, 0.05) is 11.1 Å². The molecule has 0 spiro atoms. The standard InChI is InChI=1S/C14H18N2O3/c1-3-14(2,8-17)16-13(18)12-7-9-6-10(15)4-5-11(9)19-12/h4-7,17H,3,8,15H2,1-2H3,(H,16,18). The van der Waals surface area contributed by atoms with Crippen molar-refractivity contribution in [2.75, 3.05) is 12.3 Å². The van der Waals surface area contributed by atoms with Crippen molar-refractivity contribution in [2.45, 2.75) is 25.8 Å². The second kappa shape index (κ2) is 4.93. The van der Waals surface area contributed by atoms with Crippen LogP contribution in [-0.4, -0.2) is 23.2 Å². The number of anilines is 1. The van der Waals surface area contributed by atoms with Gasteiger partial charge in [0.2, 0.25) is 0 Å². The number of carbonyl (C=O) groups excluding carboxylic acids is 1. The van der Waals surface area contributed by atoms with E-state index >= 15 is 0 Å². The summed E-state index contributed by atoms with van der Waals surface area (Å²) in [4.78, 5) is 12.1. The van der Waals surface area contributed by atoms with Gasteiger partial charge in [-0.05, 0) is 37.6 Å². The van der Waals surface area contributed by atoms with Gasteiger partial charge in [0.25, 0.3) is 5.91 Å². The Morgan fingerprint density at radius 3 is 2.84 bits per heavy atom. The number of carbonyl (C=O) groups is 1. The fraction of sp³-hybridized carbons (Fsp3) is 0.357. The molecule has 2 aromatic rings. The lowest BCUT2D eigenvalue weighted by molar-refractivity contribution is 0.0821. The molecule has 1 amide bonds. The third-order valence-corrected chi connectivity index (χ3v) is 3.31. The molecule has 2 rings (SSSR count). The van der Waals surface area contributed by atoms with Crippen LogP contribution in [0, 0.1) is 0 Å². The van der Waals surface area contributed by atoms with E-state index in [4.69, 9.17) is 10.2 Å². The Hall–Kier alpha value is -2.01. The van der Waals surface area contributed by atoms with Gasteiger partial charge in [-0.1, -0.05) is 6.92 Å². The minimum atomic E-state index is -0.644. The largest absolute Gasteiger partial charge is 0.451 e. The molecule has 0 aliphatic heterocycles. The molecule has 0 saturated carbocycles. The normalized spacial score (nSPS) is 14.3. The maximum atomic E-state index is 12.1. The van der Waals surface area contributed by atoms with E-state index in [1.54, 1.807) is 31.2 Å². The summed E-state index contributed by atoms with van der Waals surface area (Å²) in [5, 5.41) is 12.9. The number of nitrogens with two attached hydrogens (primary N) is 1. The van der Waals surface area contributed by atoms with Crippen LogP contribution in [0.1, 0.15) is 30.8 Å². The number of rotatable bonds is 4. The topological polar surface area (TPSA) is 88.5 Å². The molecule has 0 aliphatic rings. The molecule has 4 N–H and O–H groups in total. The minimum Gasteiger partial charge on any atom is -0.451 e. The first-order valence-electron chi connectivity index (χ1n) is 6.20. The van der Waals surface area contributed by atoms with Crippen molar-refractivity contribution >= 4 is 22.6 Å². The molecule has 19 heavy (non-hydrogen) atoms. The summed E-state index contributed by atoms with van der Waals surface area (Å²) < 4.78 is 5.47. The molecule has 1 aromatic heterocycles. The van der Waals surface area contributed by atoms with Crippen LogP contribution in [0.4, 0.5) is 5.69 Å². The van der Waals surface area contributed by atoms with E-state index in [0.717, 1.165) is 5.39 Å². The van der Waals surface area contributed by atoms with Gasteiger partial charge in [0.1, 0.15) is 5.58 Å². The zero-order chi connectivity index (χ0) is 14.0. The van der Waals surface area contributed by atoms with Crippen molar-refractivity contribution in [3.8, 4) is 0 Å². The highest BCUT2D eigenvalue weighted by molar-refractivity contribution is 5.97. The first-order chi connectivity index (χ1) is 8.97. The average molecular weight is 262 g/mol. The molecule has 5 nitrogen and oxygen atoms in total. The van der Waals surface area contributed by atoms with Crippen molar-refractivity contribution in [1.29, 1.82) is 0 Å². The number of furan rings is 1. The maximum absolute atomic E-state index is 12.1. The van der Waals surface area contributed by atoms with E-state index in [9.17, 15) is 9.90 Å². The quantitative estimate of drug-likeness (QED) is 0.734. The first kappa shape index (κ1) is 13.4. The molecule has 102 valence electrons. The molecular weight excluding hydrogens is 244 g/mol. The van der Waals surface area contributed by atoms with Gasteiger partial charge in [-0.15, -0.1) is 0 Å². The van der Waals surface area contributed by atoms with Crippen LogP contribution in [0.5, 0.6) is 0 Å². The predicted molar refractivity (Wildman–Crippen MR) is 73.9 cm³/mol. The summed E-state index contributed by atoms with van der Waals surface area (Å²) in [6.45, 7) is 3.56. The Labute approximate surface area is 111 Å². The van der Waals surface area contributed by atoms with E-state index in [0.29, 0.717) is 17.7 Å². The lowest BCUT2D eigenvalue weighted by atomic mass is 10.0. The van der Waals surface area contributed by atoms with Crippen molar-refractivity contribution < 1.29 is 14.3 Å². The molecule has 0 radical (unpaired) electrons. The third kappa shape index (κ3) is 2.71. The molecule has 5 heteroatoms. The van der Waals surface area contributed by atoms with Crippen molar-refractivity contribution in [3.63, 3.8) is 0 Å². The molecule has 0 bridgehead atoms. The molecule has 1 unspecified atom stereocenters. The Kier molecular flexibility index (Phi) is 3.48. The van der Waals surface area contributed by atoms with Crippen molar-refractivity contribution in [3.05, 3.63) is 30.0 Å². The average Bonchev–Trinajstić information content (AvgIpc) is 2.81. The van der Waals surface area contributed by atoms with Gasteiger partial charge < -0.3 is 20.6 Å². The summed E-state index contributed by atoms with van der Waals surface area (Å²) >= 11 is 0. The zero-order valence-corrected chi connectivity index (χ0v) is 11.1. The monoisotopic (exact) mass is 262 g/mol. The van der Waals surface area contributed by atoms with Gasteiger partial charge in [0.15, 0.2) is 5.76 Å². The lowest BCUT2D eigenvalue weighted by Gasteiger charge is -2.26. The Morgan fingerprint density at radius 2 is 2.21 bits per heavy atom. The highest BCUT2D eigenvalue weighted by atomic mass is 16.3. The van der Waals surface area contributed by atoms with E-state index < -0.39 is 5.54 Å². The Morgan fingerprint density at radius 1 is 1.47 bits per heavy atom. The number of fused-ring (bicyclic) bond motifs is 1. The molecule has 1 atom stereocenters. The van der Waals surface area contributed by atoms with Crippen molar-refractivity contribution in [2.24, 2.45) is 0 Å². The van der Waals surface area contributed by atoms with Crippen LogP contribution in [-0.2, 0) is 0 Å². The van der Waals surface area contributed by atoms with E-state index in [1.165, 1.54) is 0 Å². The van der Waals surface area contributed by atoms with Gasteiger partial charge >= 0.3 is 0 Å². The summed E-state index contributed by atoms with van der Waals surface area (Å²) in [5.74, 6) is -0.123. The van der Waals surface area contributed by atoms with E-state index in [2.05, 4.69) is 5.32 Å². The van der Waals surface area contributed by atoms with Gasteiger partial charge in [-0.3, -0.25) is 4.79 Å². The molecule has 0 aliphatic carbocycles. The van der Waals surface area contributed by atoms with E-state index in [1.807, 2.05) is 6.92 Å². The third-order valence-electron chi connectivity index (χ3n) is 3.31. The number of hydrogen-bond acceptors (Lipinski definition) is 4. The maximum Gasteiger partial charge on any atom is 0.287 e. The van der Waals surface area contributed by atoms with Crippen LogP contribution in [0.2, 0.25) is 0 Å². The summed E-state index contributed by atoms with van der Waals surface area (Å²) in [5.41, 5.74) is 6.27. The fourth-order valence-corrected chi connectivity index (χ4v) is 1.75. The van der Waals surface area contributed by atoms with Crippen LogP contribution in [0.3, 0.4) is 0 Å². The highest BCUT2D eigenvalue weighted by Gasteiger charge is 2.25. The second-order valence-electron chi connectivity index (χ2n) is 4.93. The lowest BCUT2D eigenvalue weighted by Crippen LogP contribution is -2.48. The molecular formula is C14H18N2O3. The number of benzene rings is 1. The SMILES string of the molecule is CCC(C)(CO)NC(=O)c1cc2cc(N)ccc2o1.